The quantitative estimate of drug-likeness (QED) is 0.182. The Hall–Kier alpha value is -1.93. The third-order valence-electron chi connectivity index (χ3n) is 4.60. The molecule has 9 heteroatoms. The van der Waals surface area contributed by atoms with E-state index in [1.54, 1.807) is 0 Å². The molecule has 0 bridgehead atoms. The number of hydrogen-bond acceptors (Lipinski definition) is 8. The van der Waals surface area contributed by atoms with Crippen LogP contribution in [0.15, 0.2) is 0 Å². The molecule has 0 aliphatic rings. The van der Waals surface area contributed by atoms with Gasteiger partial charge in [0.1, 0.15) is 0 Å². The van der Waals surface area contributed by atoms with E-state index in [9.17, 15) is 38.4 Å². The van der Waals surface area contributed by atoms with Gasteiger partial charge in [0.25, 0.3) is 0 Å². The Morgan fingerprint density at radius 1 is 0.351 bits per heavy atom. The minimum Gasteiger partial charge on any atom is -0.291 e. The maximum Gasteiger partial charge on any atom is 0.198 e. The monoisotopic (exact) mass is 560 g/mol. The fraction of sp³-hybridized carbons (Fsp3) is 0.714. The summed E-state index contributed by atoms with van der Waals surface area (Å²) >= 11 is 0. The zero-order chi connectivity index (χ0) is 29.1. The molecule has 0 radical (unpaired) electrons. The molecule has 0 fully saturated rings. The van der Waals surface area contributed by atoms with E-state index in [1.165, 1.54) is 27.7 Å². The van der Waals surface area contributed by atoms with Crippen LogP contribution in [0.4, 0.5) is 0 Å². The first-order valence-electron chi connectivity index (χ1n) is 12.9. The van der Waals surface area contributed by atoms with Gasteiger partial charge in [0, 0.05) is 75.1 Å². The fourth-order valence-corrected chi connectivity index (χ4v) is 2.05. The summed E-state index contributed by atoms with van der Waals surface area (Å²) in [5.74, 6) is -2.22. The largest absolute Gasteiger partial charge is 0.291 e. The molecule has 0 aromatic carbocycles. The number of unbranched alkanes of at least 4 members (excludes halogenated alkanes) is 4. The molecule has 0 heterocycles. The molecule has 212 valence electrons. The number of ketones is 8. The molecule has 0 saturated carbocycles. The Morgan fingerprint density at radius 2 is 0.486 bits per heavy atom. The van der Waals surface area contributed by atoms with Crippen LogP contribution < -0.4 is 0 Å². The molecule has 37 heavy (non-hydrogen) atoms. The molecular formula is C28H48O8Ti. The average molecular weight is 561 g/mol. The molecule has 0 rings (SSSR count). The van der Waals surface area contributed by atoms with Crippen molar-refractivity contribution >= 4 is 46.3 Å². The van der Waals surface area contributed by atoms with Crippen molar-refractivity contribution in [2.24, 2.45) is 0 Å². The van der Waals surface area contributed by atoms with E-state index in [-0.39, 0.29) is 68.0 Å². The van der Waals surface area contributed by atoms with Crippen molar-refractivity contribution in [3.05, 3.63) is 0 Å². The third-order valence-corrected chi connectivity index (χ3v) is 4.60. The SMILES string of the molecule is CCCCC(=O)C(C)=O.CCCCC(=O)C(C)=O.CCCCC(=O)C(C)=O.CCCCC(=O)C(C)=O.[Ti]. The summed E-state index contributed by atoms with van der Waals surface area (Å²) in [4.78, 5) is 83.4. The zero-order valence-electron chi connectivity index (χ0n) is 24.3. The summed E-state index contributed by atoms with van der Waals surface area (Å²) in [6, 6.07) is 0. The molecule has 0 aromatic rings. The van der Waals surface area contributed by atoms with Gasteiger partial charge in [-0.25, -0.2) is 0 Å². The van der Waals surface area contributed by atoms with E-state index >= 15 is 0 Å². The number of Topliss-reactive ketones (excluding diaryl/α,β-unsaturated/α-hetero) is 8. The van der Waals surface area contributed by atoms with Crippen LogP contribution in [0.2, 0.25) is 0 Å². The minimum absolute atomic E-state index is 0. The van der Waals surface area contributed by atoms with Crippen LogP contribution in [-0.4, -0.2) is 46.3 Å². The van der Waals surface area contributed by atoms with E-state index in [1.807, 2.05) is 27.7 Å². The van der Waals surface area contributed by atoms with E-state index in [2.05, 4.69) is 0 Å². The second-order valence-electron chi connectivity index (χ2n) is 8.33. The van der Waals surface area contributed by atoms with Crippen molar-refractivity contribution in [2.75, 3.05) is 0 Å². The van der Waals surface area contributed by atoms with Gasteiger partial charge in [-0.15, -0.1) is 0 Å². The molecule has 0 aromatic heterocycles. The molecule has 0 aliphatic carbocycles. The second-order valence-corrected chi connectivity index (χ2v) is 8.33. The Labute approximate surface area is 238 Å². The summed E-state index contributed by atoms with van der Waals surface area (Å²) in [6.07, 6.45) is 8.90. The summed E-state index contributed by atoms with van der Waals surface area (Å²) in [5, 5.41) is 0. The summed E-state index contributed by atoms with van der Waals surface area (Å²) < 4.78 is 0. The summed E-state index contributed by atoms with van der Waals surface area (Å²) in [7, 11) is 0. The maximum atomic E-state index is 10.6. The maximum absolute atomic E-state index is 10.6. The molecule has 0 N–H and O–H groups in total. The van der Waals surface area contributed by atoms with E-state index in [0.717, 1.165) is 51.4 Å². The minimum atomic E-state index is -0.316. The molecule has 0 unspecified atom stereocenters. The van der Waals surface area contributed by atoms with Crippen molar-refractivity contribution in [3.63, 3.8) is 0 Å². The van der Waals surface area contributed by atoms with Gasteiger partial charge >= 0.3 is 0 Å². The molecule has 0 saturated heterocycles. The molecule has 0 spiro atoms. The Morgan fingerprint density at radius 3 is 0.568 bits per heavy atom. The first-order chi connectivity index (χ1) is 16.7. The molecular weight excluding hydrogens is 512 g/mol. The Balaban J connectivity index is -0.000000122. The topological polar surface area (TPSA) is 137 Å². The number of carbonyl (C=O) groups is 8. The van der Waals surface area contributed by atoms with Crippen LogP contribution >= 0.6 is 0 Å². The Kier molecular flexibility index (Phi) is 39.1. The summed E-state index contributed by atoms with van der Waals surface area (Å²) in [6.45, 7) is 13.2. The predicted molar refractivity (Wildman–Crippen MR) is 141 cm³/mol. The van der Waals surface area contributed by atoms with Crippen LogP contribution in [-0.2, 0) is 60.1 Å². The second kappa shape index (κ2) is 32.1. The van der Waals surface area contributed by atoms with Gasteiger partial charge in [0.15, 0.2) is 46.3 Å². The van der Waals surface area contributed by atoms with E-state index < -0.39 is 0 Å². The first-order valence-corrected chi connectivity index (χ1v) is 12.9. The van der Waals surface area contributed by atoms with Crippen LogP contribution in [0.3, 0.4) is 0 Å². The van der Waals surface area contributed by atoms with Gasteiger partial charge in [0.05, 0.1) is 0 Å². The van der Waals surface area contributed by atoms with Gasteiger partial charge in [0.2, 0.25) is 0 Å². The van der Waals surface area contributed by atoms with Gasteiger partial charge in [-0.1, -0.05) is 53.4 Å². The number of rotatable bonds is 16. The van der Waals surface area contributed by atoms with Crippen molar-refractivity contribution in [2.45, 2.75) is 132 Å². The van der Waals surface area contributed by atoms with Crippen molar-refractivity contribution in [1.82, 2.24) is 0 Å². The van der Waals surface area contributed by atoms with Gasteiger partial charge < -0.3 is 0 Å². The molecule has 0 aliphatic heterocycles. The first kappa shape index (κ1) is 45.0. The van der Waals surface area contributed by atoms with Crippen LogP contribution in [0, 0.1) is 0 Å². The molecule has 0 amide bonds. The summed E-state index contributed by atoms with van der Waals surface area (Å²) in [5.41, 5.74) is 0. The van der Waals surface area contributed by atoms with E-state index in [4.69, 9.17) is 0 Å². The molecule has 0 atom stereocenters. The van der Waals surface area contributed by atoms with E-state index in [0.29, 0.717) is 25.7 Å². The molecule has 8 nitrogen and oxygen atoms in total. The standard InChI is InChI=1S/4C7H12O2.Ti/c4*1-3-4-5-7(9)6(2)8;/h4*3-5H2,1-2H3;. The normalized spacial score (nSPS) is 8.86. The van der Waals surface area contributed by atoms with Crippen LogP contribution in [0.5, 0.6) is 0 Å². The smallest absolute Gasteiger partial charge is 0.198 e. The van der Waals surface area contributed by atoms with Crippen molar-refractivity contribution < 1.29 is 60.1 Å². The average Bonchev–Trinajstić information content (AvgIpc) is 2.83. The number of hydrogen-bond donors (Lipinski definition) is 0. The predicted octanol–water partition coefficient (Wildman–Crippen LogP) is 5.34. The zero-order valence-corrected chi connectivity index (χ0v) is 25.8. The third kappa shape index (κ3) is 38.8. The van der Waals surface area contributed by atoms with Crippen LogP contribution in [0.1, 0.15) is 132 Å². The Bertz CT molecular complexity index is 591. The van der Waals surface area contributed by atoms with Gasteiger partial charge in [-0.3, -0.25) is 38.4 Å². The van der Waals surface area contributed by atoms with Crippen molar-refractivity contribution in [3.8, 4) is 0 Å². The van der Waals surface area contributed by atoms with Gasteiger partial charge in [-0.2, -0.15) is 0 Å². The van der Waals surface area contributed by atoms with Crippen molar-refractivity contribution in [1.29, 1.82) is 0 Å². The fourth-order valence-electron chi connectivity index (χ4n) is 2.05. The number of carbonyl (C=O) groups excluding carboxylic acids is 8. The van der Waals surface area contributed by atoms with Crippen LogP contribution in [0.25, 0.3) is 0 Å². The van der Waals surface area contributed by atoms with Gasteiger partial charge in [-0.05, 0) is 25.7 Å².